The van der Waals surface area contributed by atoms with E-state index in [1.54, 1.807) is 0 Å². The highest BCUT2D eigenvalue weighted by Crippen LogP contribution is 2.12. The summed E-state index contributed by atoms with van der Waals surface area (Å²) < 4.78 is 16.3. The molecule has 8 heteroatoms. The maximum atomic E-state index is 5.66. The van der Waals surface area contributed by atoms with Gasteiger partial charge in [-0.3, -0.25) is 0 Å². The number of rotatable bonds is 11. The maximum Gasteiger partial charge on any atom is 0.248 e. The lowest BCUT2D eigenvalue weighted by Crippen LogP contribution is -2.39. The molecule has 0 amide bonds. The molecule has 0 spiro atoms. The van der Waals surface area contributed by atoms with E-state index in [0.29, 0.717) is 50.6 Å². The first-order valence-corrected chi connectivity index (χ1v) is 9.30. The van der Waals surface area contributed by atoms with Gasteiger partial charge in [-0.2, -0.15) is 4.98 Å². The molecule has 0 bridgehead atoms. The second kappa shape index (κ2) is 12.0. The lowest BCUT2D eigenvalue weighted by Gasteiger charge is -2.11. The molecule has 8 nitrogen and oxygen atoms in total. The monoisotopic (exact) mass is 375 g/mol. The number of aromatic nitrogens is 2. The van der Waals surface area contributed by atoms with Gasteiger partial charge in [0.25, 0.3) is 0 Å². The van der Waals surface area contributed by atoms with Gasteiger partial charge in [-0.05, 0) is 26.3 Å². The SMILES string of the molecule is CCNC(=NCc1nc(C(C)OCC)no1)NCCOCc1ccccc1. The second-order valence-electron chi connectivity index (χ2n) is 5.80. The first-order valence-electron chi connectivity index (χ1n) is 9.30. The van der Waals surface area contributed by atoms with E-state index in [9.17, 15) is 0 Å². The van der Waals surface area contributed by atoms with E-state index in [-0.39, 0.29) is 6.10 Å². The van der Waals surface area contributed by atoms with E-state index >= 15 is 0 Å². The van der Waals surface area contributed by atoms with Gasteiger partial charge in [-0.15, -0.1) is 0 Å². The Bertz CT molecular complexity index is 675. The van der Waals surface area contributed by atoms with Gasteiger partial charge in [0.05, 0.1) is 13.2 Å². The van der Waals surface area contributed by atoms with Crippen LogP contribution in [0, 0.1) is 0 Å². The molecule has 2 rings (SSSR count). The second-order valence-corrected chi connectivity index (χ2v) is 5.80. The fourth-order valence-corrected chi connectivity index (χ4v) is 2.32. The molecule has 1 aromatic carbocycles. The number of hydrogen-bond donors (Lipinski definition) is 2. The highest BCUT2D eigenvalue weighted by molar-refractivity contribution is 5.79. The minimum atomic E-state index is -0.190. The Labute approximate surface area is 160 Å². The molecule has 27 heavy (non-hydrogen) atoms. The summed E-state index contributed by atoms with van der Waals surface area (Å²) in [6.07, 6.45) is -0.190. The third-order valence-corrected chi connectivity index (χ3v) is 3.63. The summed E-state index contributed by atoms with van der Waals surface area (Å²) in [5, 5.41) is 10.3. The Kier molecular flexibility index (Phi) is 9.29. The number of hydrogen-bond acceptors (Lipinski definition) is 6. The molecule has 1 aromatic heterocycles. The lowest BCUT2D eigenvalue weighted by atomic mass is 10.2. The van der Waals surface area contributed by atoms with Crippen LogP contribution in [0.1, 0.15) is 44.2 Å². The van der Waals surface area contributed by atoms with Crippen molar-refractivity contribution in [1.82, 2.24) is 20.8 Å². The molecule has 0 fully saturated rings. The smallest absolute Gasteiger partial charge is 0.248 e. The summed E-state index contributed by atoms with van der Waals surface area (Å²) in [6.45, 7) is 9.31. The Morgan fingerprint density at radius 1 is 1.22 bits per heavy atom. The largest absolute Gasteiger partial charge is 0.375 e. The Hall–Kier alpha value is -2.45. The summed E-state index contributed by atoms with van der Waals surface area (Å²) in [5.41, 5.74) is 1.16. The summed E-state index contributed by atoms with van der Waals surface area (Å²) in [7, 11) is 0. The van der Waals surface area contributed by atoms with Crippen LogP contribution in [-0.2, 0) is 22.6 Å². The van der Waals surface area contributed by atoms with E-state index in [2.05, 4.69) is 25.8 Å². The molecule has 2 aromatic rings. The Morgan fingerprint density at radius 3 is 2.78 bits per heavy atom. The molecule has 0 radical (unpaired) electrons. The standard InChI is InChI=1S/C19H29N5O3/c1-4-20-19(21-11-12-25-14-16-9-7-6-8-10-16)22-13-17-23-18(24-27-17)15(3)26-5-2/h6-10,15H,4-5,11-14H2,1-3H3,(H2,20,21,22). The van der Waals surface area contributed by atoms with Crippen molar-refractivity contribution in [3.63, 3.8) is 0 Å². The van der Waals surface area contributed by atoms with Crippen molar-refractivity contribution < 1.29 is 14.0 Å². The molecule has 1 unspecified atom stereocenters. The lowest BCUT2D eigenvalue weighted by molar-refractivity contribution is 0.0683. The molecule has 148 valence electrons. The summed E-state index contributed by atoms with van der Waals surface area (Å²) >= 11 is 0. The van der Waals surface area contributed by atoms with Crippen LogP contribution in [0.4, 0.5) is 0 Å². The molecule has 0 aliphatic carbocycles. The van der Waals surface area contributed by atoms with Gasteiger partial charge < -0.3 is 24.6 Å². The van der Waals surface area contributed by atoms with Crippen molar-refractivity contribution >= 4 is 5.96 Å². The highest BCUT2D eigenvalue weighted by atomic mass is 16.5. The molecule has 1 heterocycles. The van der Waals surface area contributed by atoms with Gasteiger partial charge >= 0.3 is 0 Å². The first-order chi connectivity index (χ1) is 13.2. The Balaban J connectivity index is 1.75. The van der Waals surface area contributed by atoms with Crippen LogP contribution in [0.15, 0.2) is 39.8 Å². The molecule has 0 saturated heterocycles. The molecule has 0 aliphatic heterocycles. The average Bonchev–Trinajstić information content (AvgIpc) is 3.16. The van der Waals surface area contributed by atoms with Gasteiger partial charge in [0.1, 0.15) is 12.6 Å². The maximum absolute atomic E-state index is 5.66. The Morgan fingerprint density at radius 2 is 2.04 bits per heavy atom. The predicted molar refractivity (Wildman–Crippen MR) is 103 cm³/mol. The number of guanidine groups is 1. The van der Waals surface area contributed by atoms with Crippen LogP contribution in [0.3, 0.4) is 0 Å². The van der Waals surface area contributed by atoms with Crippen LogP contribution in [0.5, 0.6) is 0 Å². The molecule has 1 atom stereocenters. The minimum absolute atomic E-state index is 0.190. The van der Waals surface area contributed by atoms with Crippen molar-refractivity contribution in [2.75, 3.05) is 26.3 Å². The van der Waals surface area contributed by atoms with Crippen molar-refractivity contribution in [1.29, 1.82) is 0 Å². The van der Waals surface area contributed by atoms with Gasteiger partial charge in [0.15, 0.2) is 11.8 Å². The van der Waals surface area contributed by atoms with Gasteiger partial charge in [0.2, 0.25) is 5.89 Å². The fraction of sp³-hybridized carbons (Fsp3) is 0.526. The highest BCUT2D eigenvalue weighted by Gasteiger charge is 2.13. The summed E-state index contributed by atoms with van der Waals surface area (Å²) in [4.78, 5) is 8.77. The summed E-state index contributed by atoms with van der Waals surface area (Å²) in [5.74, 6) is 1.67. The number of benzene rings is 1. The van der Waals surface area contributed by atoms with Crippen molar-refractivity contribution in [2.45, 2.75) is 40.0 Å². The van der Waals surface area contributed by atoms with E-state index in [0.717, 1.165) is 12.1 Å². The molecule has 0 aliphatic rings. The van der Waals surface area contributed by atoms with Crippen molar-refractivity contribution in [2.24, 2.45) is 4.99 Å². The molecular formula is C19H29N5O3. The third-order valence-electron chi connectivity index (χ3n) is 3.63. The van der Waals surface area contributed by atoms with Crippen LogP contribution < -0.4 is 10.6 Å². The molecule has 0 saturated carbocycles. The van der Waals surface area contributed by atoms with Gasteiger partial charge in [-0.25, -0.2) is 4.99 Å². The van der Waals surface area contributed by atoms with E-state index in [1.165, 1.54) is 0 Å². The number of aliphatic imine (C=N–C) groups is 1. The van der Waals surface area contributed by atoms with Crippen molar-refractivity contribution in [3.05, 3.63) is 47.6 Å². The average molecular weight is 375 g/mol. The van der Waals surface area contributed by atoms with Crippen LogP contribution in [-0.4, -0.2) is 42.4 Å². The topological polar surface area (TPSA) is 93.8 Å². The zero-order valence-corrected chi connectivity index (χ0v) is 16.3. The zero-order chi connectivity index (χ0) is 19.3. The number of nitrogens with zero attached hydrogens (tertiary/aromatic N) is 3. The third kappa shape index (κ3) is 7.76. The first kappa shape index (κ1) is 20.9. The van der Waals surface area contributed by atoms with Crippen LogP contribution in [0.25, 0.3) is 0 Å². The molecule has 2 N–H and O–H groups in total. The van der Waals surface area contributed by atoms with E-state index in [1.807, 2.05) is 51.1 Å². The van der Waals surface area contributed by atoms with Crippen LogP contribution >= 0.6 is 0 Å². The van der Waals surface area contributed by atoms with Gasteiger partial charge in [-0.1, -0.05) is 35.5 Å². The number of ether oxygens (including phenoxy) is 2. The fourth-order valence-electron chi connectivity index (χ4n) is 2.32. The van der Waals surface area contributed by atoms with E-state index < -0.39 is 0 Å². The van der Waals surface area contributed by atoms with E-state index in [4.69, 9.17) is 14.0 Å². The molecular weight excluding hydrogens is 346 g/mol. The minimum Gasteiger partial charge on any atom is -0.375 e. The quantitative estimate of drug-likeness (QED) is 0.354. The predicted octanol–water partition coefficient (Wildman–Crippen LogP) is 2.44. The van der Waals surface area contributed by atoms with Crippen molar-refractivity contribution in [3.8, 4) is 0 Å². The normalized spacial score (nSPS) is 12.8. The van der Waals surface area contributed by atoms with Gasteiger partial charge in [0, 0.05) is 19.7 Å². The number of nitrogens with one attached hydrogen (secondary N) is 2. The van der Waals surface area contributed by atoms with Crippen LogP contribution in [0.2, 0.25) is 0 Å². The summed E-state index contributed by atoms with van der Waals surface area (Å²) in [6, 6.07) is 10.1. The zero-order valence-electron chi connectivity index (χ0n) is 16.3.